The number of nitrogens with zero attached hydrogens (tertiary/aromatic N) is 3. The number of nitrogens with one attached hydrogen (secondary N) is 1. The summed E-state index contributed by atoms with van der Waals surface area (Å²) in [6.07, 6.45) is 1.55. The van der Waals surface area contributed by atoms with Gasteiger partial charge in [0.1, 0.15) is 4.90 Å². The first-order valence-corrected chi connectivity index (χ1v) is 9.50. The van der Waals surface area contributed by atoms with Crippen molar-refractivity contribution in [3.8, 4) is 5.82 Å². The maximum Gasteiger partial charge on any atom is 0.339 e. The lowest BCUT2D eigenvalue weighted by Gasteiger charge is -2.14. The molecule has 0 atom stereocenters. The molecular formula is C18H18N4O4S. The summed E-state index contributed by atoms with van der Waals surface area (Å²) >= 11 is 0. The van der Waals surface area contributed by atoms with Crippen LogP contribution >= 0.6 is 0 Å². The fourth-order valence-electron chi connectivity index (χ4n) is 2.67. The molecule has 0 aliphatic heterocycles. The molecule has 3 aromatic rings. The van der Waals surface area contributed by atoms with Crippen LogP contribution in [0.5, 0.6) is 0 Å². The third-order valence-corrected chi connectivity index (χ3v) is 5.25. The fraction of sp³-hybridized carbons (Fsp3) is 0.167. The average Bonchev–Trinajstić information content (AvgIpc) is 2.99. The van der Waals surface area contributed by atoms with Crippen molar-refractivity contribution in [2.24, 2.45) is 0 Å². The summed E-state index contributed by atoms with van der Waals surface area (Å²) < 4.78 is 34.6. The maximum atomic E-state index is 12.9. The number of carbonyl (C=O) groups excluding carboxylic acids is 1. The summed E-state index contributed by atoms with van der Waals surface area (Å²) in [5.41, 5.74) is 1.78. The van der Waals surface area contributed by atoms with E-state index in [1.165, 1.54) is 25.3 Å². The molecule has 3 rings (SSSR count). The Morgan fingerprint density at radius 3 is 2.56 bits per heavy atom. The van der Waals surface area contributed by atoms with E-state index in [-0.39, 0.29) is 16.1 Å². The zero-order valence-corrected chi connectivity index (χ0v) is 15.8. The van der Waals surface area contributed by atoms with Gasteiger partial charge in [-0.15, -0.1) is 0 Å². The second-order valence-corrected chi connectivity index (χ2v) is 7.46. The minimum Gasteiger partial charge on any atom is -0.465 e. The lowest BCUT2D eigenvalue weighted by molar-refractivity contribution is 0.0596. The molecular weight excluding hydrogens is 368 g/mol. The van der Waals surface area contributed by atoms with Gasteiger partial charge in [-0.2, -0.15) is 5.10 Å². The van der Waals surface area contributed by atoms with Gasteiger partial charge in [0.25, 0.3) is 10.0 Å². The predicted octanol–water partition coefficient (Wildman–Crippen LogP) is 2.47. The van der Waals surface area contributed by atoms with Crippen LogP contribution in [0.25, 0.3) is 5.82 Å². The van der Waals surface area contributed by atoms with Crippen molar-refractivity contribution in [1.29, 1.82) is 0 Å². The van der Waals surface area contributed by atoms with Gasteiger partial charge in [0.15, 0.2) is 5.82 Å². The van der Waals surface area contributed by atoms with Crippen LogP contribution in [0.1, 0.15) is 21.7 Å². The fourth-order valence-corrected chi connectivity index (χ4v) is 3.93. The molecule has 0 spiro atoms. The summed E-state index contributed by atoms with van der Waals surface area (Å²) in [6.45, 7) is 3.68. The summed E-state index contributed by atoms with van der Waals surface area (Å²) in [7, 11) is -2.87. The number of hydrogen-bond donors (Lipinski definition) is 1. The summed E-state index contributed by atoms with van der Waals surface area (Å²) in [6, 6.07) is 10.9. The van der Waals surface area contributed by atoms with Gasteiger partial charge >= 0.3 is 5.97 Å². The van der Waals surface area contributed by atoms with E-state index in [4.69, 9.17) is 0 Å². The molecule has 8 nitrogen and oxygen atoms in total. The molecule has 9 heteroatoms. The van der Waals surface area contributed by atoms with Crippen LogP contribution in [-0.2, 0) is 14.8 Å². The second-order valence-electron chi connectivity index (χ2n) is 5.81. The maximum absolute atomic E-state index is 12.9. The molecule has 0 saturated heterocycles. The standard InChI is InChI=1S/C18H18N4O4S/c1-12-11-13(2)22(20-12)17-15(8-6-10-19-17)21-27(24,25)16-9-5-4-7-14(16)18(23)26-3/h4-11,21H,1-3H3. The van der Waals surface area contributed by atoms with Gasteiger partial charge in [0.05, 0.1) is 24.1 Å². The van der Waals surface area contributed by atoms with E-state index in [9.17, 15) is 13.2 Å². The first kappa shape index (κ1) is 18.6. The van der Waals surface area contributed by atoms with Crippen molar-refractivity contribution >= 4 is 21.7 Å². The number of carbonyl (C=O) groups is 1. The highest BCUT2D eigenvalue weighted by Crippen LogP contribution is 2.24. The van der Waals surface area contributed by atoms with Crippen molar-refractivity contribution in [3.63, 3.8) is 0 Å². The monoisotopic (exact) mass is 386 g/mol. The van der Waals surface area contributed by atoms with Gasteiger partial charge in [-0.05, 0) is 44.2 Å². The number of benzene rings is 1. The van der Waals surface area contributed by atoms with E-state index in [1.807, 2.05) is 19.9 Å². The second kappa shape index (κ2) is 7.20. The molecule has 27 heavy (non-hydrogen) atoms. The minimum atomic E-state index is -4.07. The first-order valence-electron chi connectivity index (χ1n) is 8.02. The zero-order chi connectivity index (χ0) is 19.6. The Morgan fingerprint density at radius 2 is 1.89 bits per heavy atom. The smallest absolute Gasteiger partial charge is 0.339 e. The molecule has 1 aromatic carbocycles. The molecule has 1 N–H and O–H groups in total. The Kier molecular flexibility index (Phi) is 4.95. The summed E-state index contributed by atoms with van der Waals surface area (Å²) in [4.78, 5) is 16.0. The quantitative estimate of drug-likeness (QED) is 0.676. The van der Waals surface area contributed by atoms with Gasteiger partial charge < -0.3 is 4.74 Å². The molecule has 0 aliphatic carbocycles. The number of pyridine rings is 1. The number of hydrogen-bond acceptors (Lipinski definition) is 6. The topological polar surface area (TPSA) is 103 Å². The van der Waals surface area contributed by atoms with Crippen LogP contribution in [0.2, 0.25) is 0 Å². The number of esters is 1. The third kappa shape index (κ3) is 3.68. The Hall–Kier alpha value is -3.20. The zero-order valence-electron chi connectivity index (χ0n) is 15.0. The van der Waals surface area contributed by atoms with E-state index in [0.717, 1.165) is 11.4 Å². The normalized spacial score (nSPS) is 11.2. The predicted molar refractivity (Wildman–Crippen MR) is 99.4 cm³/mol. The van der Waals surface area contributed by atoms with Crippen molar-refractivity contribution in [2.75, 3.05) is 11.8 Å². The van der Waals surface area contributed by atoms with E-state index in [1.54, 1.807) is 29.1 Å². The summed E-state index contributed by atoms with van der Waals surface area (Å²) in [5, 5.41) is 4.35. The van der Waals surface area contributed by atoms with Crippen LogP contribution in [0, 0.1) is 13.8 Å². The van der Waals surface area contributed by atoms with E-state index in [2.05, 4.69) is 19.5 Å². The van der Waals surface area contributed by atoms with Gasteiger partial charge in [-0.1, -0.05) is 12.1 Å². The first-order chi connectivity index (χ1) is 12.8. The van der Waals surface area contributed by atoms with Crippen LogP contribution in [0.4, 0.5) is 5.69 Å². The van der Waals surface area contributed by atoms with E-state index < -0.39 is 16.0 Å². The van der Waals surface area contributed by atoms with E-state index >= 15 is 0 Å². The van der Waals surface area contributed by atoms with Crippen molar-refractivity contribution in [1.82, 2.24) is 14.8 Å². The number of aryl methyl sites for hydroxylation is 2. The molecule has 0 aliphatic rings. The van der Waals surface area contributed by atoms with Gasteiger partial charge in [0, 0.05) is 11.9 Å². The SMILES string of the molecule is COC(=O)c1ccccc1S(=O)(=O)Nc1cccnc1-n1nc(C)cc1C. The third-order valence-electron chi connectivity index (χ3n) is 3.82. The Morgan fingerprint density at radius 1 is 1.15 bits per heavy atom. The average molecular weight is 386 g/mol. The Labute approximate surface area is 156 Å². The molecule has 0 unspecified atom stereocenters. The van der Waals surface area contributed by atoms with Crippen molar-refractivity contribution < 1.29 is 17.9 Å². The molecule has 0 bridgehead atoms. The highest BCUT2D eigenvalue weighted by atomic mass is 32.2. The minimum absolute atomic E-state index is 0.0518. The molecule has 2 aromatic heterocycles. The van der Waals surface area contributed by atoms with Crippen LogP contribution in [-0.4, -0.2) is 36.3 Å². The van der Waals surface area contributed by atoms with Crippen molar-refractivity contribution in [2.45, 2.75) is 18.7 Å². The van der Waals surface area contributed by atoms with Gasteiger partial charge in [-0.25, -0.2) is 22.9 Å². The van der Waals surface area contributed by atoms with E-state index in [0.29, 0.717) is 5.82 Å². The molecule has 2 heterocycles. The van der Waals surface area contributed by atoms with Gasteiger partial charge in [-0.3, -0.25) is 4.72 Å². The lowest BCUT2D eigenvalue weighted by Crippen LogP contribution is -2.19. The van der Waals surface area contributed by atoms with Crippen LogP contribution < -0.4 is 4.72 Å². The number of anilines is 1. The highest BCUT2D eigenvalue weighted by Gasteiger charge is 2.24. The number of methoxy groups -OCH3 is 1. The van der Waals surface area contributed by atoms with Gasteiger partial charge in [0.2, 0.25) is 0 Å². The molecule has 140 valence electrons. The lowest BCUT2D eigenvalue weighted by atomic mass is 10.2. The molecule has 0 radical (unpaired) electrons. The Bertz CT molecular complexity index is 1110. The molecule has 0 amide bonds. The molecule has 0 fully saturated rings. The number of ether oxygens (including phenoxy) is 1. The summed E-state index contributed by atoms with van der Waals surface area (Å²) in [5.74, 6) is -0.400. The molecule has 0 saturated carbocycles. The van der Waals surface area contributed by atoms with Crippen LogP contribution in [0.15, 0.2) is 53.6 Å². The Balaban J connectivity index is 2.07. The van der Waals surface area contributed by atoms with Crippen molar-refractivity contribution in [3.05, 3.63) is 65.6 Å². The van der Waals surface area contributed by atoms with Crippen LogP contribution in [0.3, 0.4) is 0 Å². The highest BCUT2D eigenvalue weighted by molar-refractivity contribution is 7.92. The largest absolute Gasteiger partial charge is 0.465 e. The number of aromatic nitrogens is 3. The number of sulfonamides is 1. The number of rotatable bonds is 5.